The minimum atomic E-state index is -0.217. The number of aromatic nitrogens is 1. The fourth-order valence-electron chi connectivity index (χ4n) is 1.68. The number of hydrogen-bond acceptors (Lipinski definition) is 5. The van der Waals surface area contributed by atoms with Crippen molar-refractivity contribution in [2.45, 2.75) is 20.8 Å². The van der Waals surface area contributed by atoms with Crippen LogP contribution in [0.25, 0.3) is 11.3 Å². The van der Waals surface area contributed by atoms with Crippen molar-refractivity contribution < 1.29 is 9.21 Å². The van der Waals surface area contributed by atoms with Crippen molar-refractivity contribution in [3.05, 3.63) is 23.0 Å². The van der Waals surface area contributed by atoms with Crippen LogP contribution in [0.5, 0.6) is 0 Å². The van der Waals surface area contributed by atoms with Crippen molar-refractivity contribution in [3.63, 3.8) is 0 Å². The Labute approximate surface area is 115 Å². The zero-order valence-electron chi connectivity index (χ0n) is 11.2. The van der Waals surface area contributed by atoms with Crippen molar-refractivity contribution >= 4 is 22.4 Å². The van der Waals surface area contributed by atoms with Crippen LogP contribution < -0.4 is 11.1 Å². The molecule has 0 aromatic carbocycles. The van der Waals surface area contributed by atoms with E-state index in [4.69, 9.17) is 10.2 Å². The predicted octanol–water partition coefficient (Wildman–Crippen LogP) is 2.55. The molecule has 2 heterocycles. The van der Waals surface area contributed by atoms with E-state index in [9.17, 15) is 4.79 Å². The summed E-state index contributed by atoms with van der Waals surface area (Å²) in [6, 6.07) is 1.94. The van der Waals surface area contributed by atoms with E-state index in [1.807, 2.05) is 25.3 Å². The number of nitrogens with one attached hydrogen (secondary N) is 1. The third-order valence-electron chi connectivity index (χ3n) is 2.85. The van der Waals surface area contributed by atoms with E-state index in [-0.39, 0.29) is 11.8 Å². The zero-order chi connectivity index (χ0) is 14.0. The zero-order valence-corrected chi connectivity index (χ0v) is 12.0. The molecule has 19 heavy (non-hydrogen) atoms. The largest absolute Gasteiger partial charge is 0.466 e. The minimum Gasteiger partial charge on any atom is -0.466 e. The number of thiazole rings is 1. The van der Waals surface area contributed by atoms with Gasteiger partial charge in [-0.05, 0) is 19.9 Å². The molecule has 0 aliphatic rings. The highest BCUT2D eigenvalue weighted by atomic mass is 32.1. The molecule has 2 aromatic heterocycles. The topological polar surface area (TPSA) is 81.2 Å². The van der Waals surface area contributed by atoms with Crippen molar-refractivity contribution in [2.75, 3.05) is 11.9 Å². The van der Waals surface area contributed by atoms with Gasteiger partial charge in [0.2, 0.25) is 5.91 Å². The van der Waals surface area contributed by atoms with Gasteiger partial charge in [-0.1, -0.05) is 6.92 Å². The number of carbonyl (C=O) groups is 1. The van der Waals surface area contributed by atoms with Crippen molar-refractivity contribution in [3.8, 4) is 11.3 Å². The lowest BCUT2D eigenvalue weighted by Gasteiger charge is -2.06. The molecule has 1 amide bonds. The number of furan rings is 1. The van der Waals surface area contributed by atoms with Gasteiger partial charge in [0, 0.05) is 23.4 Å². The molecule has 1 atom stereocenters. The third-order valence-corrected chi connectivity index (χ3v) is 3.61. The molecule has 1 unspecified atom stereocenters. The molecule has 3 N–H and O–H groups in total. The van der Waals surface area contributed by atoms with Gasteiger partial charge in [0.25, 0.3) is 0 Å². The molecule has 0 saturated heterocycles. The fraction of sp³-hybridized carbons (Fsp3) is 0.385. The Morgan fingerprint density at radius 2 is 2.32 bits per heavy atom. The lowest BCUT2D eigenvalue weighted by molar-refractivity contribution is -0.119. The number of anilines is 1. The van der Waals surface area contributed by atoms with Crippen molar-refractivity contribution in [2.24, 2.45) is 11.7 Å². The second-order valence-electron chi connectivity index (χ2n) is 4.49. The quantitative estimate of drug-likeness (QED) is 0.901. The first kappa shape index (κ1) is 13.8. The summed E-state index contributed by atoms with van der Waals surface area (Å²) in [6.45, 7) is 5.91. The van der Waals surface area contributed by atoms with Gasteiger partial charge < -0.3 is 15.5 Å². The average molecular weight is 279 g/mol. The molecule has 0 bridgehead atoms. The molecule has 0 radical (unpaired) electrons. The van der Waals surface area contributed by atoms with Crippen LogP contribution in [0.3, 0.4) is 0 Å². The van der Waals surface area contributed by atoms with Gasteiger partial charge in [0.15, 0.2) is 5.13 Å². The normalized spacial score (nSPS) is 12.4. The number of nitrogens with zero attached hydrogens (tertiary/aromatic N) is 1. The molecule has 0 aliphatic carbocycles. The van der Waals surface area contributed by atoms with Crippen molar-refractivity contribution in [1.29, 1.82) is 0 Å². The van der Waals surface area contributed by atoms with Crippen molar-refractivity contribution in [1.82, 2.24) is 4.98 Å². The summed E-state index contributed by atoms with van der Waals surface area (Å²) in [6.07, 6.45) is 0. The molecular weight excluding hydrogens is 262 g/mol. The second kappa shape index (κ2) is 5.54. The van der Waals surface area contributed by atoms with Crippen LogP contribution >= 0.6 is 11.3 Å². The second-order valence-corrected chi connectivity index (χ2v) is 5.35. The maximum Gasteiger partial charge on any atom is 0.230 e. The molecule has 5 nitrogen and oxygen atoms in total. The van der Waals surface area contributed by atoms with Gasteiger partial charge in [-0.25, -0.2) is 4.98 Å². The van der Waals surface area contributed by atoms with Crippen LogP contribution in [0.2, 0.25) is 0 Å². The standard InChI is InChI=1S/C13H17N3O2S/c1-7(5-14)12(17)16-13-15-11(6-19-13)10-4-8(2)18-9(10)3/h4,6-7H,5,14H2,1-3H3,(H,15,16,17). The first-order valence-corrected chi connectivity index (χ1v) is 6.93. The van der Waals surface area contributed by atoms with Gasteiger partial charge in [0.05, 0.1) is 5.69 Å². The minimum absolute atomic E-state index is 0.108. The van der Waals surface area contributed by atoms with Crippen LogP contribution in [-0.4, -0.2) is 17.4 Å². The van der Waals surface area contributed by atoms with Crippen LogP contribution in [0, 0.1) is 19.8 Å². The van der Waals surface area contributed by atoms with Gasteiger partial charge in [-0.15, -0.1) is 11.3 Å². The maximum absolute atomic E-state index is 11.7. The SMILES string of the molecule is Cc1cc(-c2csc(NC(=O)C(C)CN)n2)c(C)o1. The average Bonchev–Trinajstić information content (AvgIpc) is 2.94. The lowest BCUT2D eigenvalue weighted by atomic mass is 10.2. The van der Waals surface area contributed by atoms with E-state index in [1.54, 1.807) is 6.92 Å². The van der Waals surface area contributed by atoms with E-state index in [0.717, 1.165) is 22.8 Å². The summed E-state index contributed by atoms with van der Waals surface area (Å²) < 4.78 is 5.48. The lowest BCUT2D eigenvalue weighted by Crippen LogP contribution is -2.26. The van der Waals surface area contributed by atoms with E-state index in [0.29, 0.717) is 11.7 Å². The summed E-state index contributed by atoms with van der Waals surface area (Å²) in [5.74, 6) is 1.35. The van der Waals surface area contributed by atoms with Gasteiger partial charge >= 0.3 is 0 Å². The van der Waals surface area contributed by atoms with E-state index in [2.05, 4.69) is 10.3 Å². The van der Waals surface area contributed by atoms with Crippen LogP contribution in [0.1, 0.15) is 18.4 Å². The summed E-state index contributed by atoms with van der Waals surface area (Å²) in [7, 11) is 0. The molecule has 2 aromatic rings. The van der Waals surface area contributed by atoms with Gasteiger partial charge in [-0.2, -0.15) is 0 Å². The number of aryl methyl sites for hydroxylation is 2. The Morgan fingerprint density at radius 1 is 1.58 bits per heavy atom. The smallest absolute Gasteiger partial charge is 0.230 e. The summed E-state index contributed by atoms with van der Waals surface area (Å²) in [5.41, 5.74) is 7.23. The molecule has 0 fully saturated rings. The number of nitrogens with two attached hydrogens (primary N) is 1. The highest BCUT2D eigenvalue weighted by Crippen LogP contribution is 2.29. The molecule has 0 aliphatic heterocycles. The molecule has 0 spiro atoms. The molecular formula is C13H17N3O2S. The third kappa shape index (κ3) is 3.02. The molecule has 102 valence electrons. The van der Waals surface area contributed by atoms with Gasteiger partial charge in [-0.3, -0.25) is 4.79 Å². The Kier molecular flexibility index (Phi) is 4.01. The van der Waals surface area contributed by atoms with Gasteiger partial charge in [0.1, 0.15) is 11.5 Å². The highest BCUT2D eigenvalue weighted by Gasteiger charge is 2.15. The fourth-order valence-corrected chi connectivity index (χ4v) is 2.39. The van der Waals surface area contributed by atoms with Crippen LogP contribution in [0.4, 0.5) is 5.13 Å². The number of carbonyl (C=O) groups excluding carboxylic acids is 1. The van der Waals surface area contributed by atoms with E-state index < -0.39 is 0 Å². The summed E-state index contributed by atoms with van der Waals surface area (Å²) >= 11 is 1.39. The van der Waals surface area contributed by atoms with Crippen LogP contribution in [0.15, 0.2) is 15.9 Å². The van der Waals surface area contributed by atoms with E-state index >= 15 is 0 Å². The number of rotatable bonds is 4. The Bertz CT molecular complexity index is 588. The molecule has 6 heteroatoms. The summed E-state index contributed by atoms with van der Waals surface area (Å²) in [4.78, 5) is 16.1. The number of hydrogen-bond donors (Lipinski definition) is 2. The van der Waals surface area contributed by atoms with E-state index in [1.165, 1.54) is 11.3 Å². The first-order valence-electron chi connectivity index (χ1n) is 6.05. The van der Waals surface area contributed by atoms with Crippen LogP contribution in [-0.2, 0) is 4.79 Å². The molecule has 0 saturated carbocycles. The maximum atomic E-state index is 11.7. The predicted molar refractivity (Wildman–Crippen MR) is 76.1 cm³/mol. The highest BCUT2D eigenvalue weighted by molar-refractivity contribution is 7.14. The monoisotopic (exact) mass is 279 g/mol. The molecule has 2 rings (SSSR count). The Hall–Kier alpha value is -1.66. The summed E-state index contributed by atoms with van der Waals surface area (Å²) in [5, 5.41) is 5.25. The first-order chi connectivity index (χ1) is 9.01. The Morgan fingerprint density at radius 3 is 2.89 bits per heavy atom. The number of amides is 1. The Balaban J connectivity index is 2.16.